The molecule has 1 amide bonds. The maximum absolute atomic E-state index is 12.5. The highest BCUT2D eigenvalue weighted by Gasteiger charge is 2.17. The van der Waals surface area contributed by atoms with Crippen molar-refractivity contribution < 1.29 is 4.79 Å². The van der Waals surface area contributed by atoms with E-state index in [1.54, 1.807) is 0 Å². The Balaban J connectivity index is 1.19. The second kappa shape index (κ2) is 7.81. The monoisotopic (exact) mass is 402 g/mol. The van der Waals surface area contributed by atoms with E-state index in [0.717, 1.165) is 42.8 Å². The third-order valence-corrected chi connectivity index (χ3v) is 6.48. The molecule has 1 aliphatic rings. The van der Waals surface area contributed by atoms with Crippen LogP contribution in [0, 0.1) is 0 Å². The number of carbonyl (C=O) groups is 1. The zero-order chi connectivity index (χ0) is 19.6. The van der Waals surface area contributed by atoms with Gasteiger partial charge >= 0.3 is 0 Å². The van der Waals surface area contributed by atoms with Gasteiger partial charge in [0.2, 0.25) is 0 Å². The van der Waals surface area contributed by atoms with Crippen molar-refractivity contribution in [1.29, 1.82) is 0 Å². The summed E-state index contributed by atoms with van der Waals surface area (Å²) in [5.74, 6) is -0.0275. The minimum Gasteiger partial charge on any atom is -0.351 e. The molecule has 0 radical (unpaired) electrons. The molecule has 0 unspecified atom stereocenters. The molecular weight excluding hydrogens is 380 g/mol. The summed E-state index contributed by atoms with van der Waals surface area (Å²) in [6.07, 6.45) is 2.93. The van der Waals surface area contributed by atoms with Crippen LogP contribution in [0.25, 0.3) is 16.7 Å². The summed E-state index contributed by atoms with van der Waals surface area (Å²) in [5, 5.41) is 5.22. The Morgan fingerprint density at radius 3 is 2.86 bits per heavy atom. The molecule has 0 bridgehead atoms. The lowest BCUT2D eigenvalue weighted by atomic mass is 10.1. The number of benzene rings is 2. The molecule has 146 valence electrons. The summed E-state index contributed by atoms with van der Waals surface area (Å²) in [5.41, 5.74) is 5.13. The van der Waals surface area contributed by atoms with E-state index in [-0.39, 0.29) is 5.91 Å². The number of nitrogens with zero attached hydrogens (tertiary/aromatic N) is 3. The van der Waals surface area contributed by atoms with E-state index in [2.05, 4.69) is 26.6 Å². The number of amides is 1. The zero-order valence-corrected chi connectivity index (χ0v) is 16.9. The van der Waals surface area contributed by atoms with Crippen molar-refractivity contribution >= 4 is 28.3 Å². The average molecular weight is 403 g/mol. The molecular formula is C23H22N4OS. The molecule has 4 aromatic rings. The molecule has 0 saturated heterocycles. The van der Waals surface area contributed by atoms with Crippen LogP contribution in [-0.4, -0.2) is 40.0 Å². The highest BCUT2D eigenvalue weighted by molar-refractivity contribution is 7.10. The van der Waals surface area contributed by atoms with Gasteiger partial charge in [0, 0.05) is 42.3 Å². The van der Waals surface area contributed by atoms with Crippen LogP contribution in [0.5, 0.6) is 0 Å². The third kappa shape index (κ3) is 3.69. The van der Waals surface area contributed by atoms with Gasteiger partial charge in [-0.2, -0.15) is 0 Å². The number of nitrogens with one attached hydrogen (secondary N) is 1. The molecule has 0 atom stereocenters. The summed E-state index contributed by atoms with van der Waals surface area (Å²) in [4.78, 5) is 20.8. The Bertz CT molecular complexity index is 1150. The van der Waals surface area contributed by atoms with Crippen molar-refractivity contribution in [2.24, 2.45) is 0 Å². The van der Waals surface area contributed by atoms with Gasteiger partial charge < -0.3 is 5.32 Å². The fourth-order valence-electron chi connectivity index (χ4n) is 3.87. The first-order valence-corrected chi connectivity index (χ1v) is 10.7. The van der Waals surface area contributed by atoms with E-state index in [4.69, 9.17) is 0 Å². The highest BCUT2D eigenvalue weighted by Crippen LogP contribution is 2.23. The van der Waals surface area contributed by atoms with Crippen LogP contribution in [-0.2, 0) is 13.0 Å². The van der Waals surface area contributed by atoms with E-state index in [9.17, 15) is 4.79 Å². The molecule has 0 spiro atoms. The lowest BCUT2D eigenvalue weighted by Crippen LogP contribution is -2.37. The maximum atomic E-state index is 12.5. The molecule has 5 rings (SSSR count). The van der Waals surface area contributed by atoms with E-state index in [1.165, 1.54) is 10.4 Å². The second-order valence-electron chi connectivity index (χ2n) is 7.30. The summed E-state index contributed by atoms with van der Waals surface area (Å²) >= 11 is 1.85. The number of imidazole rings is 1. The van der Waals surface area contributed by atoms with E-state index >= 15 is 0 Å². The number of fused-ring (bicyclic) bond motifs is 2. The van der Waals surface area contributed by atoms with Gasteiger partial charge in [0.05, 0.1) is 11.0 Å². The molecule has 6 heteroatoms. The van der Waals surface area contributed by atoms with Gasteiger partial charge in [0.1, 0.15) is 6.33 Å². The minimum atomic E-state index is -0.0275. The molecule has 0 fully saturated rings. The summed E-state index contributed by atoms with van der Waals surface area (Å²) in [7, 11) is 0. The normalized spacial score (nSPS) is 14.1. The molecule has 5 nitrogen and oxygen atoms in total. The number of aromatic nitrogens is 2. The van der Waals surface area contributed by atoms with Crippen LogP contribution in [0.1, 0.15) is 20.8 Å². The van der Waals surface area contributed by atoms with Crippen LogP contribution in [0.3, 0.4) is 0 Å². The van der Waals surface area contributed by atoms with Crippen molar-refractivity contribution in [2.45, 2.75) is 13.0 Å². The van der Waals surface area contributed by atoms with Crippen molar-refractivity contribution in [3.05, 3.63) is 82.3 Å². The number of rotatable bonds is 5. The molecule has 1 N–H and O–H groups in total. The Morgan fingerprint density at radius 2 is 1.97 bits per heavy atom. The summed E-state index contributed by atoms with van der Waals surface area (Å²) in [6.45, 7) is 3.59. The first kappa shape index (κ1) is 18.1. The van der Waals surface area contributed by atoms with Gasteiger partial charge in [-0.05, 0) is 59.8 Å². The molecule has 2 aromatic carbocycles. The highest BCUT2D eigenvalue weighted by atomic mass is 32.1. The Morgan fingerprint density at radius 1 is 1.10 bits per heavy atom. The van der Waals surface area contributed by atoms with Crippen molar-refractivity contribution in [3.8, 4) is 5.69 Å². The Hall–Kier alpha value is -2.96. The van der Waals surface area contributed by atoms with Crippen LogP contribution in [0.2, 0.25) is 0 Å². The average Bonchev–Trinajstić information content (AvgIpc) is 3.40. The fourth-order valence-corrected chi connectivity index (χ4v) is 4.76. The first-order valence-electron chi connectivity index (χ1n) is 9.86. The van der Waals surface area contributed by atoms with Crippen molar-refractivity contribution in [3.63, 3.8) is 0 Å². The summed E-state index contributed by atoms with van der Waals surface area (Å²) < 4.78 is 2.03. The van der Waals surface area contributed by atoms with E-state index in [0.29, 0.717) is 12.1 Å². The zero-order valence-electron chi connectivity index (χ0n) is 16.0. The molecule has 1 aliphatic heterocycles. The molecule has 0 saturated carbocycles. The SMILES string of the molecule is O=C(NCCN1CCc2sccc2C1)c1ccc(-n2cnc3ccccc32)cc1. The van der Waals surface area contributed by atoms with Crippen LogP contribution in [0.4, 0.5) is 0 Å². The smallest absolute Gasteiger partial charge is 0.251 e. The Labute approximate surface area is 173 Å². The minimum absolute atomic E-state index is 0.0275. The predicted molar refractivity (Wildman–Crippen MR) is 117 cm³/mol. The van der Waals surface area contributed by atoms with E-state index < -0.39 is 0 Å². The summed E-state index contributed by atoms with van der Waals surface area (Å²) in [6, 6.07) is 17.9. The van der Waals surface area contributed by atoms with Crippen LogP contribution in [0.15, 0.2) is 66.3 Å². The predicted octanol–water partition coefficient (Wildman–Crippen LogP) is 3.88. The number of para-hydroxylation sites is 2. The number of thiophene rings is 1. The van der Waals surface area contributed by atoms with Gasteiger partial charge in [-0.25, -0.2) is 4.98 Å². The quantitative estimate of drug-likeness (QED) is 0.551. The molecule has 2 aromatic heterocycles. The third-order valence-electron chi connectivity index (χ3n) is 5.46. The maximum Gasteiger partial charge on any atom is 0.251 e. The van der Waals surface area contributed by atoms with Gasteiger partial charge in [0.25, 0.3) is 5.91 Å². The van der Waals surface area contributed by atoms with Gasteiger partial charge in [-0.1, -0.05) is 12.1 Å². The van der Waals surface area contributed by atoms with Crippen LogP contribution >= 0.6 is 11.3 Å². The van der Waals surface area contributed by atoms with Crippen LogP contribution < -0.4 is 5.32 Å². The van der Waals surface area contributed by atoms with Gasteiger partial charge in [-0.15, -0.1) is 11.3 Å². The molecule has 29 heavy (non-hydrogen) atoms. The second-order valence-corrected chi connectivity index (χ2v) is 8.30. The molecule has 3 heterocycles. The van der Waals surface area contributed by atoms with Crippen molar-refractivity contribution in [1.82, 2.24) is 19.8 Å². The standard InChI is InChI=1S/C23H22N4OS/c28-23(24-11-13-26-12-9-22-18(15-26)10-14-29-22)17-5-7-19(8-6-17)27-16-25-20-3-1-2-4-21(20)27/h1-8,10,14,16H,9,11-13,15H2,(H,24,28). The lowest BCUT2D eigenvalue weighted by Gasteiger charge is -2.26. The van der Waals surface area contributed by atoms with E-state index in [1.807, 2.05) is 70.8 Å². The number of hydrogen-bond donors (Lipinski definition) is 1. The van der Waals surface area contributed by atoms with Gasteiger partial charge in [0.15, 0.2) is 0 Å². The first-order chi connectivity index (χ1) is 14.3. The Kier molecular flexibility index (Phi) is 4.87. The number of hydrogen-bond acceptors (Lipinski definition) is 4. The largest absolute Gasteiger partial charge is 0.351 e. The lowest BCUT2D eigenvalue weighted by molar-refractivity contribution is 0.0947. The van der Waals surface area contributed by atoms with Crippen molar-refractivity contribution in [2.75, 3.05) is 19.6 Å². The fraction of sp³-hybridized carbons (Fsp3) is 0.217. The molecule has 0 aliphatic carbocycles. The number of carbonyl (C=O) groups excluding carboxylic acids is 1. The topological polar surface area (TPSA) is 50.2 Å². The van der Waals surface area contributed by atoms with Gasteiger partial charge in [-0.3, -0.25) is 14.3 Å².